The molecule has 2 saturated heterocycles. The van der Waals surface area contributed by atoms with Gasteiger partial charge in [-0.15, -0.1) is 4.42 Å². The van der Waals surface area contributed by atoms with E-state index in [2.05, 4.69) is 38.7 Å². The fourth-order valence-electron chi connectivity index (χ4n) is 7.66. The van der Waals surface area contributed by atoms with Gasteiger partial charge in [0.05, 0.1) is 39.4 Å². The Morgan fingerprint density at radius 2 is 1.49 bits per heavy atom. The van der Waals surface area contributed by atoms with Crippen molar-refractivity contribution in [3.63, 3.8) is 0 Å². The van der Waals surface area contributed by atoms with Crippen LogP contribution in [0.5, 0.6) is 11.5 Å². The lowest BCUT2D eigenvalue weighted by molar-refractivity contribution is -1.04. The summed E-state index contributed by atoms with van der Waals surface area (Å²) >= 11 is 0. The number of nitrogens with one attached hydrogen (secondary N) is 1. The zero-order valence-electron chi connectivity index (χ0n) is 32.3. The third kappa shape index (κ3) is 7.48. The molecular weight excluding hydrogens is 723 g/mol. The maximum absolute atomic E-state index is 13.2. The predicted octanol–water partition coefficient (Wildman–Crippen LogP) is 5.99. The maximum Gasteiger partial charge on any atom is 0.330 e. The molecule has 6 atom stereocenters. The Labute approximate surface area is 323 Å². The number of aromatic nitrogens is 2. The average Bonchev–Trinajstić information content (AvgIpc) is 3.72. The SMILES string of the molecule is COc1ccc(C(O[C@@H](C)[C@]23CO[C@H]([C@H](n4ccc(=O)[nH]c4=O)O2)[C@H]3OP[N+](OCCC#N)(C(C)C)C(C)C)(c2ccccc2)c2ccc(OC)cc2)cc1. The van der Waals surface area contributed by atoms with Crippen LogP contribution in [0.25, 0.3) is 0 Å². The van der Waals surface area contributed by atoms with E-state index in [9.17, 15) is 14.9 Å². The Hall–Kier alpha value is -4.38. The second kappa shape index (κ2) is 16.8. The molecule has 55 heavy (non-hydrogen) atoms. The number of hydrogen-bond donors (Lipinski definition) is 1. The van der Waals surface area contributed by atoms with E-state index in [1.54, 1.807) is 14.2 Å². The van der Waals surface area contributed by atoms with Gasteiger partial charge in [0.25, 0.3) is 14.5 Å². The first kappa shape index (κ1) is 40.3. The number of H-pyrrole nitrogens is 1. The quantitative estimate of drug-likeness (QED) is 0.0589. The van der Waals surface area contributed by atoms with Crippen molar-refractivity contribution in [2.45, 2.75) is 88.9 Å². The van der Waals surface area contributed by atoms with Crippen molar-refractivity contribution in [3.8, 4) is 17.6 Å². The highest BCUT2D eigenvalue weighted by atomic mass is 31.1. The number of hydrogen-bond acceptors (Lipinski definition) is 10. The molecular formula is C41H50N4O9P+. The molecule has 2 aliphatic rings. The van der Waals surface area contributed by atoms with Crippen molar-refractivity contribution in [1.29, 1.82) is 5.26 Å². The van der Waals surface area contributed by atoms with Gasteiger partial charge in [0.2, 0.25) is 0 Å². The molecule has 0 saturated carbocycles. The van der Waals surface area contributed by atoms with E-state index in [1.807, 2.05) is 85.8 Å². The van der Waals surface area contributed by atoms with Gasteiger partial charge in [-0.2, -0.15) is 10.1 Å². The number of hydroxylamine groups is 2. The van der Waals surface area contributed by atoms with E-state index < -0.39 is 47.0 Å². The molecule has 0 radical (unpaired) electrons. The lowest BCUT2D eigenvalue weighted by atomic mass is 9.79. The molecule has 0 spiro atoms. The predicted molar refractivity (Wildman–Crippen MR) is 207 cm³/mol. The summed E-state index contributed by atoms with van der Waals surface area (Å²) in [5.74, 6) is 1.38. The summed E-state index contributed by atoms with van der Waals surface area (Å²) in [5, 5.41) is 9.31. The Morgan fingerprint density at radius 3 is 2.02 bits per heavy atom. The van der Waals surface area contributed by atoms with Crippen molar-refractivity contribution >= 4 is 8.96 Å². The number of rotatable bonds is 17. The second-order valence-corrected chi connectivity index (χ2v) is 15.4. The van der Waals surface area contributed by atoms with Crippen molar-refractivity contribution in [2.75, 3.05) is 27.4 Å². The molecule has 4 aromatic rings. The van der Waals surface area contributed by atoms with Gasteiger partial charge in [-0.05, 0) is 75.6 Å². The minimum absolute atomic E-state index is 0.0315. The summed E-state index contributed by atoms with van der Waals surface area (Å²) in [5.41, 5.74) is -1.11. The van der Waals surface area contributed by atoms with Crippen LogP contribution in [0.15, 0.2) is 101 Å². The van der Waals surface area contributed by atoms with Crippen LogP contribution in [0.1, 0.15) is 64.0 Å². The highest BCUT2D eigenvalue weighted by Gasteiger charge is 2.67. The molecule has 6 rings (SSSR count). The Balaban J connectivity index is 1.49. The van der Waals surface area contributed by atoms with Crippen LogP contribution in [-0.4, -0.2) is 77.4 Å². The summed E-state index contributed by atoms with van der Waals surface area (Å²) in [6.07, 6.45) is -1.57. The van der Waals surface area contributed by atoms with E-state index in [0.29, 0.717) is 11.5 Å². The first-order valence-electron chi connectivity index (χ1n) is 18.4. The minimum atomic E-state index is -1.26. The van der Waals surface area contributed by atoms with Crippen molar-refractivity contribution < 1.29 is 37.5 Å². The Kier molecular flexibility index (Phi) is 12.3. The third-order valence-electron chi connectivity index (χ3n) is 10.6. The number of nitrogens with zero attached hydrogens (tertiary/aromatic N) is 3. The Morgan fingerprint density at radius 1 is 0.909 bits per heavy atom. The zero-order valence-corrected chi connectivity index (χ0v) is 33.3. The minimum Gasteiger partial charge on any atom is -0.497 e. The highest BCUT2D eigenvalue weighted by molar-refractivity contribution is 7.25. The molecule has 3 heterocycles. The normalized spacial score (nSPS) is 21.7. The van der Waals surface area contributed by atoms with Crippen LogP contribution >= 0.6 is 8.96 Å². The summed E-state index contributed by atoms with van der Waals surface area (Å²) in [6.45, 7) is 10.5. The van der Waals surface area contributed by atoms with Crippen molar-refractivity contribution in [3.05, 3.63) is 129 Å². The number of ether oxygens (including phenoxy) is 5. The number of benzene rings is 3. The number of quaternary nitrogens is 1. The van der Waals surface area contributed by atoms with Gasteiger partial charge in [-0.25, -0.2) is 4.79 Å². The van der Waals surface area contributed by atoms with Crippen molar-refractivity contribution in [1.82, 2.24) is 9.55 Å². The van der Waals surface area contributed by atoms with Crippen LogP contribution in [0, 0.1) is 11.3 Å². The maximum atomic E-state index is 13.2. The number of aromatic amines is 1. The van der Waals surface area contributed by atoms with Gasteiger partial charge in [0.15, 0.2) is 6.23 Å². The smallest absolute Gasteiger partial charge is 0.330 e. The van der Waals surface area contributed by atoms with E-state index >= 15 is 0 Å². The lowest BCUT2D eigenvalue weighted by Crippen LogP contribution is -2.56. The first-order chi connectivity index (χ1) is 26.4. The van der Waals surface area contributed by atoms with Crippen LogP contribution < -0.4 is 20.7 Å². The van der Waals surface area contributed by atoms with E-state index in [0.717, 1.165) is 16.7 Å². The van der Waals surface area contributed by atoms with Gasteiger partial charge in [0.1, 0.15) is 53.6 Å². The molecule has 13 nitrogen and oxygen atoms in total. The monoisotopic (exact) mass is 773 g/mol. The molecule has 0 aliphatic carbocycles. The van der Waals surface area contributed by atoms with E-state index in [1.165, 1.54) is 16.8 Å². The second-order valence-electron chi connectivity index (χ2n) is 14.3. The molecule has 3 aromatic carbocycles. The number of methoxy groups -OCH3 is 2. The fourth-order valence-corrected chi connectivity index (χ4v) is 8.84. The molecule has 2 aliphatic heterocycles. The zero-order chi connectivity index (χ0) is 39.4. The highest BCUT2D eigenvalue weighted by Crippen LogP contribution is 2.54. The van der Waals surface area contributed by atoms with Crippen LogP contribution in [0.2, 0.25) is 0 Å². The largest absolute Gasteiger partial charge is 0.497 e. The summed E-state index contributed by atoms with van der Waals surface area (Å²) in [4.78, 5) is 34.1. The van der Waals surface area contributed by atoms with Crippen LogP contribution in [-0.2, 0) is 29.2 Å². The van der Waals surface area contributed by atoms with Gasteiger partial charge in [0, 0.05) is 12.3 Å². The standard InChI is InChI=1S/C41H49N4O9P/c1-27(2)45(28(3)4,51-25-11-23-42)55-54-37-36-38(44-24-22-35(46)43-39(44)47)53-40(37,26-50-36)29(5)52-41(30-12-9-8-10-13-30,31-14-18-33(48-6)19-15-31)32-16-20-34(49-7)21-17-32/h8-10,12-22,24,27-29,36-38,55H,11,25-26H2,1-7H3/p+1/t29-,36-,37+,38+,40-/m0/s1. The fraction of sp³-hybridized carbons (Fsp3) is 0.439. The first-order valence-corrected chi connectivity index (χ1v) is 19.3. The molecule has 292 valence electrons. The summed E-state index contributed by atoms with van der Waals surface area (Å²) < 4.78 is 40.6. The van der Waals surface area contributed by atoms with Gasteiger partial charge in [-0.1, -0.05) is 54.6 Å². The molecule has 1 aromatic heterocycles. The van der Waals surface area contributed by atoms with Gasteiger partial charge in [-0.3, -0.25) is 14.3 Å². The Bertz CT molecular complexity index is 1990. The lowest BCUT2D eigenvalue weighted by Gasteiger charge is -2.45. The van der Waals surface area contributed by atoms with E-state index in [-0.39, 0.29) is 45.1 Å². The van der Waals surface area contributed by atoms with E-state index in [4.69, 9.17) is 33.0 Å². The van der Waals surface area contributed by atoms with Gasteiger partial charge < -0.3 is 28.2 Å². The van der Waals surface area contributed by atoms with Crippen molar-refractivity contribution in [2.24, 2.45) is 0 Å². The van der Waals surface area contributed by atoms with Crippen LogP contribution in [0.3, 0.4) is 0 Å². The molecule has 2 bridgehead atoms. The molecule has 1 unspecified atom stereocenters. The topological polar surface area (TPSA) is 143 Å². The summed E-state index contributed by atoms with van der Waals surface area (Å²) in [6, 6.07) is 28.9. The molecule has 2 fully saturated rings. The third-order valence-corrected chi connectivity index (χ3v) is 12.4. The number of nitriles is 1. The van der Waals surface area contributed by atoms with Gasteiger partial charge >= 0.3 is 5.69 Å². The van der Waals surface area contributed by atoms with Crippen LogP contribution in [0.4, 0.5) is 0 Å². The molecule has 14 heteroatoms. The summed E-state index contributed by atoms with van der Waals surface area (Å²) in [7, 11) is 3.00. The number of fused-ring (bicyclic) bond motifs is 2. The molecule has 0 amide bonds. The molecule has 1 N–H and O–H groups in total. The average molecular weight is 774 g/mol.